The van der Waals surface area contributed by atoms with E-state index >= 15 is 0 Å². The van der Waals surface area contributed by atoms with E-state index in [1.165, 1.54) is 0 Å². The van der Waals surface area contributed by atoms with Gasteiger partial charge in [0.1, 0.15) is 0 Å². The van der Waals surface area contributed by atoms with E-state index in [4.69, 9.17) is 0 Å². The lowest BCUT2D eigenvalue weighted by Gasteiger charge is -2.05. The highest BCUT2D eigenvalue weighted by Crippen LogP contribution is 1.94. The molecule has 0 N–H and O–H groups in total. The van der Waals surface area contributed by atoms with Crippen molar-refractivity contribution in [2.24, 2.45) is 0 Å². The molecular weight excluding hydrogens is 121 g/mol. The maximum absolute atomic E-state index is 9.87. The summed E-state index contributed by atoms with van der Waals surface area (Å²) in [5.74, 6) is 0. The Bertz CT molecular complexity index is 65.4. The van der Waals surface area contributed by atoms with Gasteiger partial charge in [-0.3, -0.25) is 4.57 Å². The van der Waals surface area contributed by atoms with E-state index in [0.717, 1.165) is 19.1 Å². The number of hydrogen-bond donors (Lipinski definition) is 0. The van der Waals surface area contributed by atoms with Crippen molar-refractivity contribution < 1.29 is 4.57 Å². The van der Waals surface area contributed by atoms with Crippen molar-refractivity contribution in [3.63, 3.8) is 0 Å². The van der Waals surface area contributed by atoms with E-state index in [-0.39, 0.29) is 8.46 Å². The van der Waals surface area contributed by atoms with E-state index in [2.05, 4.69) is 4.90 Å². The molecule has 2 nitrogen and oxygen atoms in total. The highest BCUT2D eigenvalue weighted by Gasteiger charge is 1.87. The van der Waals surface area contributed by atoms with Crippen molar-refractivity contribution in [3.05, 3.63) is 0 Å². The minimum Gasteiger partial charge on any atom is -0.309 e. The van der Waals surface area contributed by atoms with Crippen LogP contribution in [0.4, 0.5) is 0 Å². The minimum absolute atomic E-state index is 0.274. The second-order valence-electron chi connectivity index (χ2n) is 2.01. The number of nitrogens with zero attached hydrogens (tertiary/aromatic N) is 1. The second kappa shape index (κ2) is 5.20. The largest absolute Gasteiger partial charge is 0.309 e. The molecule has 48 valence electrons. The summed E-state index contributed by atoms with van der Waals surface area (Å²) in [5, 5.41) is 0. The standard InChI is InChI=1S/C5H12NOP/c1-6(2)4-3-5-8-7/h3-5H2,1-2H3. The molecule has 0 amide bonds. The molecule has 0 aromatic heterocycles. The summed E-state index contributed by atoms with van der Waals surface area (Å²) in [4.78, 5) is 2.09. The molecule has 0 atom stereocenters. The van der Waals surface area contributed by atoms with Crippen LogP contribution in [0.1, 0.15) is 6.42 Å². The van der Waals surface area contributed by atoms with Crippen LogP contribution < -0.4 is 0 Å². The van der Waals surface area contributed by atoms with Gasteiger partial charge >= 0.3 is 0 Å². The Labute approximate surface area is 52.1 Å². The zero-order chi connectivity index (χ0) is 6.41. The Hall–Kier alpha value is 0.0600. The first-order valence-corrected chi connectivity index (χ1v) is 3.71. The molecule has 3 heteroatoms. The number of hydrogen-bond acceptors (Lipinski definition) is 2. The molecule has 0 radical (unpaired) electrons. The predicted octanol–water partition coefficient (Wildman–Crippen LogP) is 1.23. The molecule has 0 bridgehead atoms. The molecule has 0 aliphatic carbocycles. The van der Waals surface area contributed by atoms with Gasteiger partial charge in [0.2, 0.25) is 0 Å². The van der Waals surface area contributed by atoms with Crippen LogP contribution in [0, 0.1) is 0 Å². The van der Waals surface area contributed by atoms with Crippen LogP contribution in [-0.2, 0) is 4.57 Å². The molecule has 0 fully saturated rings. The molecule has 0 aromatic rings. The third-order valence-electron chi connectivity index (χ3n) is 0.855. The highest BCUT2D eigenvalue weighted by molar-refractivity contribution is 7.23. The maximum Gasteiger partial charge on any atom is 0.155 e. The molecule has 0 rings (SSSR count). The van der Waals surface area contributed by atoms with Crippen molar-refractivity contribution in [2.75, 3.05) is 26.8 Å². The van der Waals surface area contributed by atoms with Gasteiger partial charge in [-0.05, 0) is 27.1 Å². The molecule has 0 aromatic carbocycles. The Morgan fingerprint density at radius 1 is 1.50 bits per heavy atom. The molecular formula is C5H12NOP. The van der Waals surface area contributed by atoms with Crippen molar-refractivity contribution in [1.29, 1.82) is 0 Å². The minimum atomic E-state index is 0.274. The monoisotopic (exact) mass is 133 g/mol. The van der Waals surface area contributed by atoms with Gasteiger partial charge in [-0.15, -0.1) is 0 Å². The third kappa shape index (κ3) is 6.06. The summed E-state index contributed by atoms with van der Waals surface area (Å²) >= 11 is 0. The van der Waals surface area contributed by atoms with Crippen LogP contribution in [-0.4, -0.2) is 31.7 Å². The van der Waals surface area contributed by atoms with Crippen molar-refractivity contribution in [2.45, 2.75) is 6.42 Å². The fraction of sp³-hybridized carbons (Fsp3) is 1.00. The van der Waals surface area contributed by atoms with Crippen LogP contribution >= 0.6 is 8.46 Å². The van der Waals surface area contributed by atoms with Gasteiger partial charge in [-0.2, -0.15) is 0 Å². The Morgan fingerprint density at radius 2 is 2.12 bits per heavy atom. The molecule has 8 heavy (non-hydrogen) atoms. The van der Waals surface area contributed by atoms with Crippen molar-refractivity contribution in [1.82, 2.24) is 4.90 Å². The Morgan fingerprint density at radius 3 is 2.50 bits per heavy atom. The average molecular weight is 133 g/mol. The summed E-state index contributed by atoms with van der Waals surface area (Å²) in [5.41, 5.74) is 0. The molecule has 0 unspecified atom stereocenters. The zero-order valence-electron chi connectivity index (χ0n) is 5.42. The summed E-state index contributed by atoms with van der Waals surface area (Å²) in [6, 6.07) is 0. The summed E-state index contributed by atoms with van der Waals surface area (Å²) in [7, 11) is 4.30. The lowest BCUT2D eigenvalue weighted by Crippen LogP contribution is -2.12. The zero-order valence-corrected chi connectivity index (χ0v) is 6.32. The number of rotatable bonds is 4. The third-order valence-corrected chi connectivity index (χ3v) is 1.35. The molecule has 0 aliphatic rings. The van der Waals surface area contributed by atoms with Crippen LogP contribution in [0.5, 0.6) is 0 Å². The molecule has 0 heterocycles. The average Bonchev–Trinajstić information content (AvgIpc) is 1.66. The SMILES string of the molecule is CN(C)CCCP=O. The van der Waals surface area contributed by atoms with E-state index in [9.17, 15) is 4.57 Å². The topological polar surface area (TPSA) is 20.3 Å². The van der Waals surface area contributed by atoms with Gasteiger partial charge < -0.3 is 4.90 Å². The first-order valence-electron chi connectivity index (χ1n) is 2.71. The van der Waals surface area contributed by atoms with Crippen LogP contribution in [0.3, 0.4) is 0 Å². The van der Waals surface area contributed by atoms with Crippen LogP contribution in [0.25, 0.3) is 0 Å². The van der Waals surface area contributed by atoms with Gasteiger partial charge in [-0.1, -0.05) is 0 Å². The van der Waals surface area contributed by atoms with Gasteiger partial charge in [-0.25, -0.2) is 0 Å². The summed E-state index contributed by atoms with van der Waals surface area (Å²) in [6.45, 7) is 1.04. The lowest BCUT2D eigenvalue weighted by atomic mass is 10.5. The Kier molecular flexibility index (Phi) is 5.24. The fourth-order valence-electron chi connectivity index (χ4n) is 0.451. The predicted molar refractivity (Wildman–Crippen MR) is 35.6 cm³/mol. The molecule has 0 saturated heterocycles. The Balaban J connectivity index is 2.81. The van der Waals surface area contributed by atoms with Crippen molar-refractivity contribution >= 4 is 8.46 Å². The normalized spacial score (nSPS) is 10.9. The van der Waals surface area contributed by atoms with E-state index in [1.807, 2.05) is 14.1 Å². The summed E-state index contributed by atoms with van der Waals surface area (Å²) < 4.78 is 9.87. The van der Waals surface area contributed by atoms with E-state index in [0.29, 0.717) is 0 Å². The van der Waals surface area contributed by atoms with Gasteiger partial charge in [0.15, 0.2) is 8.46 Å². The molecule has 0 saturated carbocycles. The van der Waals surface area contributed by atoms with E-state index < -0.39 is 0 Å². The van der Waals surface area contributed by atoms with Crippen molar-refractivity contribution in [3.8, 4) is 0 Å². The lowest BCUT2D eigenvalue weighted by molar-refractivity contribution is 0.409. The maximum atomic E-state index is 9.87. The van der Waals surface area contributed by atoms with E-state index in [1.54, 1.807) is 0 Å². The van der Waals surface area contributed by atoms with Gasteiger partial charge in [0.05, 0.1) is 0 Å². The summed E-state index contributed by atoms with van der Waals surface area (Å²) in [6.07, 6.45) is 1.82. The first-order chi connectivity index (χ1) is 3.77. The second-order valence-corrected chi connectivity index (χ2v) is 2.71. The van der Waals surface area contributed by atoms with Gasteiger partial charge in [0, 0.05) is 6.16 Å². The first kappa shape index (κ1) is 8.06. The molecule has 0 aliphatic heterocycles. The molecule has 0 spiro atoms. The van der Waals surface area contributed by atoms with Crippen LogP contribution in [0.2, 0.25) is 0 Å². The quantitative estimate of drug-likeness (QED) is 0.424. The van der Waals surface area contributed by atoms with Gasteiger partial charge in [0.25, 0.3) is 0 Å². The fourth-order valence-corrected chi connectivity index (χ4v) is 0.722. The highest BCUT2D eigenvalue weighted by atomic mass is 31.1. The smallest absolute Gasteiger partial charge is 0.155 e. The van der Waals surface area contributed by atoms with Crippen LogP contribution in [0.15, 0.2) is 0 Å².